The quantitative estimate of drug-likeness (QED) is 0.199. The molecule has 39 heavy (non-hydrogen) atoms. The Morgan fingerprint density at radius 3 is 2.31 bits per heavy atom. The Morgan fingerprint density at radius 2 is 1.38 bits per heavy atom. The van der Waals surface area contributed by atoms with Gasteiger partial charge in [-0.25, -0.2) is 0 Å². The van der Waals surface area contributed by atoms with E-state index in [1.54, 1.807) is 0 Å². The molecule has 0 bridgehead atoms. The van der Waals surface area contributed by atoms with Crippen LogP contribution in [0.4, 0.5) is 17.1 Å². The number of para-hydroxylation sites is 3. The fraction of sp³-hybridized carbons (Fsp3) is 0. The summed E-state index contributed by atoms with van der Waals surface area (Å²) in [4.78, 5) is 7.20. The molecule has 0 saturated carbocycles. The first-order chi connectivity index (χ1) is 19.3. The molecule has 0 spiro atoms. The van der Waals surface area contributed by atoms with Crippen molar-refractivity contribution in [3.05, 3.63) is 133 Å². The molecule has 184 valence electrons. The van der Waals surface area contributed by atoms with Gasteiger partial charge in [-0.3, -0.25) is 0 Å². The van der Waals surface area contributed by atoms with Crippen LogP contribution in [-0.4, -0.2) is 19.5 Å². The normalized spacial score (nSPS) is 11.6. The molecular weight excluding hydrogens is 543 g/mol. The summed E-state index contributed by atoms with van der Waals surface area (Å²) < 4.78 is 8.94. The van der Waals surface area contributed by atoms with Crippen molar-refractivity contribution in [3.63, 3.8) is 0 Å². The Bertz CT molecular complexity index is 2100. The number of anilines is 3. The molecule has 4 heteroatoms. The molecule has 0 atom stereocenters. The van der Waals surface area contributed by atoms with Crippen molar-refractivity contribution >= 4 is 72.7 Å². The zero-order chi connectivity index (χ0) is 25.8. The van der Waals surface area contributed by atoms with Gasteiger partial charge in [0.1, 0.15) is 0 Å². The molecule has 0 aliphatic carbocycles. The first kappa shape index (κ1) is 22.4. The van der Waals surface area contributed by atoms with Gasteiger partial charge in [0.15, 0.2) is 0 Å². The number of oxazole rings is 1. The number of hydrogen-bond acceptors (Lipinski definition) is 3. The van der Waals surface area contributed by atoms with Crippen LogP contribution in [0.15, 0.2) is 138 Å². The molecule has 3 nitrogen and oxygen atoms in total. The Kier molecular flexibility index (Phi) is 5.15. The number of nitrogens with zero attached hydrogens (tertiary/aromatic N) is 2. The van der Waals surface area contributed by atoms with Crippen LogP contribution >= 0.6 is 0 Å². The molecule has 0 amide bonds. The third kappa shape index (κ3) is 3.69. The standard InChI is InChI=1S/C35H22N2OSe/c1-2-12-24(13-3-1)37(30-17-8-11-23-10-4-5-14-26(23)30)25-20-21-27-33(22-25)39-32-19-9-15-28(34(27)32)35-36-29-16-6-7-18-31(29)38-35/h1-22H. The van der Waals surface area contributed by atoms with Gasteiger partial charge in [0, 0.05) is 0 Å². The molecule has 2 aromatic heterocycles. The van der Waals surface area contributed by atoms with Crippen LogP contribution in [0.25, 0.3) is 52.6 Å². The van der Waals surface area contributed by atoms with Crippen molar-refractivity contribution in [1.82, 2.24) is 4.98 Å². The SMILES string of the molecule is c1ccc(N(c2ccc3c(c2)[se]c2cccc(-c4nc5ccccc5o4)c23)c2cccc3ccccc23)cc1. The van der Waals surface area contributed by atoms with E-state index in [1.807, 2.05) is 24.3 Å². The van der Waals surface area contributed by atoms with Gasteiger partial charge in [0.25, 0.3) is 0 Å². The Balaban J connectivity index is 1.34. The molecule has 0 saturated heterocycles. The summed E-state index contributed by atoms with van der Waals surface area (Å²) in [6.45, 7) is 0. The summed E-state index contributed by atoms with van der Waals surface area (Å²) in [5, 5.41) is 4.99. The van der Waals surface area contributed by atoms with E-state index < -0.39 is 0 Å². The number of aromatic nitrogens is 1. The van der Waals surface area contributed by atoms with Gasteiger partial charge in [0.2, 0.25) is 0 Å². The summed E-state index contributed by atoms with van der Waals surface area (Å²) in [6, 6.07) is 47.2. The van der Waals surface area contributed by atoms with E-state index >= 15 is 0 Å². The third-order valence-electron chi connectivity index (χ3n) is 7.29. The molecule has 0 aliphatic rings. The fourth-order valence-corrected chi connectivity index (χ4v) is 7.97. The molecule has 8 rings (SSSR count). The van der Waals surface area contributed by atoms with E-state index in [9.17, 15) is 0 Å². The van der Waals surface area contributed by atoms with E-state index in [0.29, 0.717) is 5.89 Å². The summed E-state index contributed by atoms with van der Waals surface area (Å²) in [7, 11) is 0. The van der Waals surface area contributed by atoms with Crippen LogP contribution in [0.3, 0.4) is 0 Å². The molecule has 6 aromatic carbocycles. The van der Waals surface area contributed by atoms with Crippen LogP contribution < -0.4 is 4.90 Å². The van der Waals surface area contributed by atoms with Crippen LogP contribution in [0.1, 0.15) is 0 Å². The minimum atomic E-state index is 0.184. The number of hydrogen-bond donors (Lipinski definition) is 0. The van der Waals surface area contributed by atoms with E-state index in [1.165, 1.54) is 35.8 Å². The summed E-state index contributed by atoms with van der Waals surface area (Å²) >= 11 is 0.184. The van der Waals surface area contributed by atoms with Gasteiger partial charge in [-0.1, -0.05) is 0 Å². The van der Waals surface area contributed by atoms with Gasteiger partial charge in [0.05, 0.1) is 0 Å². The van der Waals surface area contributed by atoms with E-state index in [0.717, 1.165) is 28.0 Å². The summed E-state index contributed by atoms with van der Waals surface area (Å²) in [5.41, 5.74) is 6.24. The fourth-order valence-electron chi connectivity index (χ4n) is 5.53. The molecule has 0 aliphatic heterocycles. The molecule has 0 N–H and O–H groups in total. The summed E-state index contributed by atoms with van der Waals surface area (Å²) in [6.07, 6.45) is 0. The predicted molar refractivity (Wildman–Crippen MR) is 164 cm³/mol. The van der Waals surface area contributed by atoms with Crippen molar-refractivity contribution < 1.29 is 4.42 Å². The molecule has 0 unspecified atom stereocenters. The van der Waals surface area contributed by atoms with Crippen molar-refractivity contribution in [2.45, 2.75) is 0 Å². The first-order valence-corrected chi connectivity index (χ1v) is 14.7. The van der Waals surface area contributed by atoms with Crippen LogP contribution in [0.5, 0.6) is 0 Å². The Labute approximate surface area is 231 Å². The van der Waals surface area contributed by atoms with Crippen molar-refractivity contribution in [2.75, 3.05) is 4.90 Å². The van der Waals surface area contributed by atoms with Crippen LogP contribution in [0.2, 0.25) is 0 Å². The van der Waals surface area contributed by atoms with Gasteiger partial charge in [-0.2, -0.15) is 0 Å². The molecule has 0 radical (unpaired) electrons. The predicted octanol–water partition coefficient (Wildman–Crippen LogP) is 9.48. The van der Waals surface area contributed by atoms with Gasteiger partial charge >= 0.3 is 232 Å². The topological polar surface area (TPSA) is 29.3 Å². The zero-order valence-corrected chi connectivity index (χ0v) is 22.6. The van der Waals surface area contributed by atoms with Crippen molar-refractivity contribution in [1.29, 1.82) is 0 Å². The second-order valence-electron chi connectivity index (χ2n) is 9.62. The van der Waals surface area contributed by atoms with E-state index in [2.05, 4.69) is 114 Å². The second-order valence-corrected chi connectivity index (χ2v) is 11.9. The number of fused-ring (bicyclic) bond motifs is 5. The Hall–Kier alpha value is -4.63. The van der Waals surface area contributed by atoms with E-state index in [4.69, 9.17) is 9.40 Å². The monoisotopic (exact) mass is 566 g/mol. The van der Waals surface area contributed by atoms with Gasteiger partial charge < -0.3 is 0 Å². The first-order valence-electron chi connectivity index (χ1n) is 13.0. The molecular formula is C35H22N2OSe. The van der Waals surface area contributed by atoms with Crippen LogP contribution in [-0.2, 0) is 0 Å². The molecule has 2 heterocycles. The summed E-state index contributed by atoms with van der Waals surface area (Å²) in [5.74, 6) is 0.683. The average Bonchev–Trinajstić information content (AvgIpc) is 3.59. The number of benzene rings is 6. The van der Waals surface area contributed by atoms with Crippen molar-refractivity contribution in [2.24, 2.45) is 0 Å². The zero-order valence-electron chi connectivity index (χ0n) is 20.9. The second kappa shape index (κ2) is 8.99. The molecule has 8 aromatic rings. The Morgan fingerprint density at radius 1 is 0.590 bits per heavy atom. The minimum absolute atomic E-state index is 0.184. The third-order valence-corrected chi connectivity index (χ3v) is 9.63. The average molecular weight is 566 g/mol. The molecule has 0 fully saturated rings. The number of rotatable bonds is 4. The maximum atomic E-state index is 6.20. The van der Waals surface area contributed by atoms with Gasteiger partial charge in [-0.15, -0.1) is 0 Å². The van der Waals surface area contributed by atoms with Crippen LogP contribution in [0, 0.1) is 0 Å². The van der Waals surface area contributed by atoms with Gasteiger partial charge in [-0.05, 0) is 0 Å². The maximum absolute atomic E-state index is 6.20. The van der Waals surface area contributed by atoms with Crippen molar-refractivity contribution in [3.8, 4) is 11.5 Å². The van der Waals surface area contributed by atoms with E-state index in [-0.39, 0.29) is 14.5 Å².